The monoisotopic (exact) mass is 427 g/mol. The molecule has 3 rings (SSSR count). The summed E-state index contributed by atoms with van der Waals surface area (Å²) in [4.78, 5) is 48.6. The summed E-state index contributed by atoms with van der Waals surface area (Å²) in [6.45, 7) is 1.38. The van der Waals surface area contributed by atoms with E-state index < -0.39 is 23.3 Å². The van der Waals surface area contributed by atoms with Crippen LogP contribution in [0.5, 0.6) is 0 Å². The van der Waals surface area contributed by atoms with Crippen LogP contribution < -0.4 is 10.6 Å². The number of aliphatic carboxylic acids is 1. The lowest BCUT2D eigenvalue weighted by molar-refractivity contribution is -0.150. The van der Waals surface area contributed by atoms with Crippen LogP contribution in [0.1, 0.15) is 6.92 Å². The lowest BCUT2D eigenvalue weighted by Crippen LogP contribution is -2.70. The normalized spacial score (nSPS) is 21.1. The Morgan fingerprint density at radius 3 is 2.75 bits per heavy atom. The van der Waals surface area contributed by atoms with Crippen LogP contribution in [0, 0.1) is 0 Å². The molecule has 28 heavy (non-hydrogen) atoms. The Balaban J connectivity index is 1.63. The van der Waals surface area contributed by atoms with Crippen molar-refractivity contribution in [1.82, 2.24) is 35.7 Å². The molecule has 3 N–H and O–H groups in total. The van der Waals surface area contributed by atoms with Gasteiger partial charge in [0.2, 0.25) is 17.0 Å². The van der Waals surface area contributed by atoms with Gasteiger partial charge in [0.05, 0.1) is 5.75 Å². The number of aryl methyl sites for hydroxylation is 1. The number of carboxylic acid groups (broad SMARTS) is 1. The summed E-state index contributed by atoms with van der Waals surface area (Å²) in [6.07, 6.45) is 0. The highest BCUT2D eigenvalue weighted by molar-refractivity contribution is 8.00. The standard InChI is InChI=1S/C14H17N7O5S2/c1-6(22)15-3-7-4-27-12-9(11(24)21(12)10(7)13(25)26)16-8(23)5-28-14-17-18-19-20(14)2/h9,12H,3-5H2,1-2H3,(H,15,22)(H,16,23)(H,25,26)/t9?,12-/m0/s1. The number of carboxylic acids is 1. The summed E-state index contributed by atoms with van der Waals surface area (Å²) < 4.78 is 1.42. The topological polar surface area (TPSA) is 159 Å². The highest BCUT2D eigenvalue weighted by atomic mass is 32.2. The number of fused-ring (bicyclic) bond motifs is 1. The number of rotatable bonds is 7. The number of nitrogens with zero attached hydrogens (tertiary/aromatic N) is 5. The van der Waals surface area contributed by atoms with Crippen molar-refractivity contribution in [1.29, 1.82) is 0 Å². The fourth-order valence-electron chi connectivity index (χ4n) is 2.74. The third-order valence-electron chi connectivity index (χ3n) is 4.03. The van der Waals surface area contributed by atoms with Crippen LogP contribution in [0.2, 0.25) is 0 Å². The fraction of sp³-hybridized carbons (Fsp3) is 0.500. The van der Waals surface area contributed by atoms with E-state index >= 15 is 0 Å². The number of aromatic nitrogens is 4. The van der Waals surface area contributed by atoms with E-state index in [9.17, 15) is 24.3 Å². The van der Waals surface area contributed by atoms with Crippen LogP contribution >= 0.6 is 23.5 Å². The van der Waals surface area contributed by atoms with E-state index in [4.69, 9.17) is 0 Å². The number of hydrogen-bond acceptors (Lipinski definition) is 9. The molecule has 0 bridgehead atoms. The Labute approximate surface area is 167 Å². The van der Waals surface area contributed by atoms with Gasteiger partial charge >= 0.3 is 5.97 Å². The van der Waals surface area contributed by atoms with Gasteiger partial charge in [-0.15, -0.1) is 16.9 Å². The molecule has 150 valence electrons. The van der Waals surface area contributed by atoms with Crippen molar-refractivity contribution in [3.63, 3.8) is 0 Å². The molecule has 0 radical (unpaired) electrons. The van der Waals surface area contributed by atoms with Crippen LogP contribution in [0.25, 0.3) is 0 Å². The zero-order valence-electron chi connectivity index (χ0n) is 14.9. The van der Waals surface area contributed by atoms with E-state index in [-0.39, 0.29) is 29.8 Å². The average Bonchev–Trinajstić information content (AvgIpc) is 3.06. The van der Waals surface area contributed by atoms with Crippen LogP contribution in [-0.4, -0.2) is 83.4 Å². The quantitative estimate of drug-likeness (QED) is 0.334. The van der Waals surface area contributed by atoms with Crippen LogP contribution in [0.3, 0.4) is 0 Å². The molecule has 2 atom stereocenters. The first kappa shape index (κ1) is 20.1. The van der Waals surface area contributed by atoms with E-state index in [1.54, 1.807) is 7.05 Å². The average molecular weight is 427 g/mol. The molecule has 1 saturated heterocycles. The molecule has 1 fully saturated rings. The molecule has 2 aliphatic rings. The third-order valence-corrected chi connectivity index (χ3v) is 6.38. The van der Waals surface area contributed by atoms with Gasteiger partial charge in [0.25, 0.3) is 5.91 Å². The van der Waals surface area contributed by atoms with Gasteiger partial charge in [0.15, 0.2) is 0 Å². The number of β-lactam (4-membered cyclic amide) rings is 1. The Morgan fingerprint density at radius 2 is 2.14 bits per heavy atom. The van der Waals surface area contributed by atoms with Crippen molar-refractivity contribution in [2.75, 3.05) is 18.1 Å². The van der Waals surface area contributed by atoms with Gasteiger partial charge in [-0.1, -0.05) is 11.8 Å². The minimum atomic E-state index is -1.24. The number of nitrogens with one attached hydrogen (secondary N) is 2. The smallest absolute Gasteiger partial charge is 0.352 e. The van der Waals surface area contributed by atoms with Crippen molar-refractivity contribution in [2.24, 2.45) is 7.05 Å². The maximum absolute atomic E-state index is 12.5. The van der Waals surface area contributed by atoms with Gasteiger partial charge in [-0.2, -0.15) is 0 Å². The largest absolute Gasteiger partial charge is 0.477 e. The first-order chi connectivity index (χ1) is 13.3. The van der Waals surface area contributed by atoms with E-state index in [0.717, 1.165) is 11.8 Å². The lowest BCUT2D eigenvalue weighted by Gasteiger charge is -2.49. The van der Waals surface area contributed by atoms with Gasteiger partial charge in [-0.3, -0.25) is 19.3 Å². The fourth-order valence-corrected chi connectivity index (χ4v) is 4.75. The van der Waals surface area contributed by atoms with Crippen molar-refractivity contribution in [3.8, 4) is 0 Å². The number of thioether (sulfide) groups is 2. The molecule has 3 amide bonds. The number of tetrazole rings is 1. The first-order valence-electron chi connectivity index (χ1n) is 8.08. The number of hydrogen-bond donors (Lipinski definition) is 3. The Kier molecular flexibility index (Phi) is 5.88. The summed E-state index contributed by atoms with van der Waals surface area (Å²) in [5, 5.41) is 25.5. The number of amides is 3. The summed E-state index contributed by atoms with van der Waals surface area (Å²) in [6, 6.07) is -0.799. The highest BCUT2D eigenvalue weighted by Gasteiger charge is 2.54. The zero-order chi connectivity index (χ0) is 20.4. The first-order valence-corrected chi connectivity index (χ1v) is 10.1. The van der Waals surface area contributed by atoms with Gasteiger partial charge < -0.3 is 15.7 Å². The van der Waals surface area contributed by atoms with Crippen LogP contribution in [-0.2, 0) is 26.2 Å². The molecule has 14 heteroatoms. The molecule has 0 spiro atoms. The molecule has 0 aromatic carbocycles. The van der Waals surface area contributed by atoms with Gasteiger partial charge in [0, 0.05) is 26.3 Å². The number of carbonyl (C=O) groups is 4. The minimum Gasteiger partial charge on any atom is -0.477 e. The Bertz CT molecular complexity index is 870. The van der Waals surface area contributed by atoms with Crippen LogP contribution in [0.4, 0.5) is 0 Å². The van der Waals surface area contributed by atoms with E-state index in [2.05, 4.69) is 26.2 Å². The Hall–Kier alpha value is -2.61. The second kappa shape index (κ2) is 8.18. The maximum Gasteiger partial charge on any atom is 0.352 e. The second-order valence-electron chi connectivity index (χ2n) is 6.00. The van der Waals surface area contributed by atoms with Gasteiger partial charge in [0.1, 0.15) is 17.1 Å². The summed E-state index contributed by atoms with van der Waals surface area (Å²) in [5.41, 5.74) is 0.319. The van der Waals surface area contributed by atoms with E-state index in [0.29, 0.717) is 16.5 Å². The molecule has 12 nitrogen and oxygen atoms in total. The van der Waals surface area contributed by atoms with E-state index in [1.165, 1.54) is 28.3 Å². The molecule has 0 aliphatic carbocycles. The SMILES string of the molecule is CC(=O)NCC1=C(C(=O)O)N2C(=O)C(NC(=O)CSc3nnnn3C)[C@@H]2SC1. The highest BCUT2D eigenvalue weighted by Crippen LogP contribution is 2.40. The molecule has 1 aromatic heterocycles. The predicted molar refractivity (Wildman–Crippen MR) is 97.9 cm³/mol. The van der Waals surface area contributed by atoms with Gasteiger partial charge in [-0.05, 0) is 16.0 Å². The number of carbonyl (C=O) groups excluding carboxylic acids is 3. The Morgan fingerprint density at radius 1 is 1.39 bits per heavy atom. The zero-order valence-corrected chi connectivity index (χ0v) is 16.5. The molecule has 2 aliphatic heterocycles. The third kappa shape index (κ3) is 3.96. The lowest BCUT2D eigenvalue weighted by atomic mass is 10.0. The van der Waals surface area contributed by atoms with Crippen molar-refractivity contribution >= 4 is 47.2 Å². The van der Waals surface area contributed by atoms with Crippen molar-refractivity contribution in [2.45, 2.75) is 23.5 Å². The molecule has 0 saturated carbocycles. The van der Waals surface area contributed by atoms with Crippen molar-refractivity contribution < 1.29 is 24.3 Å². The van der Waals surface area contributed by atoms with Crippen LogP contribution in [0.15, 0.2) is 16.4 Å². The summed E-state index contributed by atoms with van der Waals surface area (Å²) >= 11 is 2.46. The predicted octanol–water partition coefficient (Wildman–Crippen LogP) is -1.82. The summed E-state index contributed by atoms with van der Waals surface area (Å²) in [5.74, 6) is -2.05. The molecular weight excluding hydrogens is 410 g/mol. The molecular formula is C14H17N7O5S2. The second-order valence-corrected chi connectivity index (χ2v) is 8.04. The van der Waals surface area contributed by atoms with Crippen molar-refractivity contribution in [3.05, 3.63) is 11.3 Å². The molecule has 1 aromatic rings. The maximum atomic E-state index is 12.5. The molecule has 1 unspecified atom stereocenters. The minimum absolute atomic E-state index is 0.0186. The van der Waals surface area contributed by atoms with E-state index in [1.807, 2.05) is 0 Å². The van der Waals surface area contributed by atoms with Gasteiger partial charge in [-0.25, -0.2) is 9.48 Å². The molecule has 3 heterocycles. The summed E-state index contributed by atoms with van der Waals surface area (Å²) in [7, 11) is 1.64.